The van der Waals surface area contributed by atoms with E-state index in [2.05, 4.69) is 60.8 Å². The number of carboxylic acid groups (broad SMARTS) is 2. The minimum Gasteiger partial charge on any atom is -0.867 e. The molecule has 8 rings (SSSR count). The van der Waals surface area contributed by atoms with Gasteiger partial charge in [-0.2, -0.15) is 30.9 Å². The summed E-state index contributed by atoms with van der Waals surface area (Å²) >= 11 is 28.7. The summed E-state index contributed by atoms with van der Waals surface area (Å²) in [5.41, 5.74) is 9.13. The van der Waals surface area contributed by atoms with E-state index in [0.717, 1.165) is 0 Å². The number of aromatic amines is 2. The second-order valence-electron chi connectivity index (χ2n) is 24.9. The van der Waals surface area contributed by atoms with Crippen molar-refractivity contribution in [3.05, 3.63) is 196 Å². The van der Waals surface area contributed by atoms with Crippen LogP contribution in [0.4, 0.5) is 23.3 Å². The molecule has 0 aliphatic rings. The van der Waals surface area contributed by atoms with E-state index in [1.54, 1.807) is 182 Å². The second-order valence-corrected chi connectivity index (χ2v) is 26.8. The van der Waals surface area contributed by atoms with Crippen LogP contribution < -0.4 is 78.2 Å². The number of hydrogen-bond donors (Lipinski definition) is 8. The standard InChI is InChI=1S/C18H22ClN3O3.C14H14ClN3O3.C12H10ClN3O3.C11H19N3O2.C7H4Cl2O.C7H9NO3.C6H10O4.C3H5N.CH2O2.CH4.K/c1-6-25-17(24)14-11(2)15(22(21-14)18(3,4)5)20-16(23)12-9-7-8-10-13(12)19;1-3-21-14(20)11-8(2)12(18-17-11)16-13(19)9-6-4-5-7-10(9)15;1-6-9(12(18)19)15-16-10(6)14-11(17)7-4-2-3-5-8(7)13;1-6-16-10(15)8-7(2)9(12)14(13-8)11(3,4)5;8-6-4-2-1-3-5(6)7(9)10;1-3-11-7(10)6(9)5(2)4-8;1-3-9-5(7)6(8)10-4-2;1-2-3-4;2-1-3;;/h7-10H,6H2,1-5H3,(H,20,23);4-7H,3H2,1-2H3,(H2,16,17,18,19);2-5H,1H3,(H,18,19)(H2,14,15,16,17);6,12H2,1-5H3;1-4H;9H,3H2,1-2H3;3-4H2,1-2H3;2H2,1H3;1H,(H,2,3);1H4;/q;;;;;;;;;;+1/p-1/b;;;;;6-5-;;;;;. The first-order chi connectivity index (χ1) is 55.9. The monoisotopic (exact) mass is 1800 g/mol. The number of esters is 6. The number of H-pyrrole nitrogens is 2. The Bertz CT molecular complexity index is 4900. The van der Waals surface area contributed by atoms with Crippen LogP contribution in [-0.2, 0) is 58.7 Å². The van der Waals surface area contributed by atoms with Crippen LogP contribution in [0.25, 0.3) is 0 Å². The Balaban J connectivity index is -0.00000135. The largest absolute Gasteiger partial charge is 1.00 e. The van der Waals surface area contributed by atoms with Gasteiger partial charge in [-0.05, 0) is 184 Å². The summed E-state index contributed by atoms with van der Waals surface area (Å²) in [5, 5.41) is 72.3. The predicted molar refractivity (Wildman–Crippen MR) is 449 cm³/mol. The van der Waals surface area contributed by atoms with Gasteiger partial charge in [-0.3, -0.25) is 34.2 Å². The number of aromatic carboxylic acids is 1. The van der Waals surface area contributed by atoms with Crippen LogP contribution in [0.5, 0.6) is 0 Å². The van der Waals surface area contributed by atoms with Gasteiger partial charge in [-0.25, -0.2) is 42.9 Å². The molecule has 0 fully saturated rings. The van der Waals surface area contributed by atoms with Crippen molar-refractivity contribution in [1.29, 1.82) is 10.5 Å². The minimum absolute atomic E-state index is 0. The van der Waals surface area contributed by atoms with Crippen LogP contribution in [0.1, 0.15) is 216 Å². The van der Waals surface area contributed by atoms with E-state index < -0.39 is 70.1 Å². The fourth-order valence-corrected chi connectivity index (χ4v) is 9.55. The average molecular weight is 1810 g/mol. The van der Waals surface area contributed by atoms with E-state index in [-0.39, 0.29) is 144 Å². The number of nitrogens with zero attached hydrogens (tertiary/aromatic N) is 8. The molecule has 650 valence electrons. The Morgan fingerprint density at radius 3 is 1.12 bits per heavy atom. The quantitative estimate of drug-likeness (QED) is 0.00455. The molecule has 35 nitrogen and oxygen atoms in total. The Labute approximate surface area is 767 Å². The Hall–Kier alpha value is -11.0. The summed E-state index contributed by atoms with van der Waals surface area (Å²) in [6.07, 6.45) is 0.625. The molecular formula is C80H98Cl5KN14O21. The average Bonchev–Trinajstić information content (AvgIpc) is 1.66. The zero-order chi connectivity index (χ0) is 91.2. The van der Waals surface area contributed by atoms with Gasteiger partial charge in [0.15, 0.2) is 23.0 Å². The second kappa shape index (κ2) is 58.8. The molecule has 0 radical (unpaired) electrons. The van der Waals surface area contributed by atoms with Crippen molar-refractivity contribution >= 4 is 152 Å². The number of carbonyl (C=O) groups excluding carboxylic acids is 10. The number of allylic oxidation sites excluding steroid dienone is 1. The van der Waals surface area contributed by atoms with Crippen molar-refractivity contribution in [2.75, 3.05) is 61.3 Å². The normalized spacial score (nSPS) is 10.0. The van der Waals surface area contributed by atoms with E-state index >= 15 is 0 Å². The molecule has 0 bridgehead atoms. The molecule has 0 atom stereocenters. The summed E-state index contributed by atoms with van der Waals surface area (Å²) < 4.78 is 31.2. The molecule has 8 aromatic rings. The molecule has 0 aliphatic heterocycles. The van der Waals surface area contributed by atoms with Gasteiger partial charge in [0.1, 0.15) is 23.0 Å². The SMILES string of the molecule is C.CCC#N.CCOC(=O)/C([O-])=C(\C)C#N.CCOC(=O)C(=O)OCC.CCOC(=O)c1[nH]nc(NC(=O)c2ccccc2Cl)c1C.CCOC(=O)c1nn(C(C)(C)C)c(N)c1C.CCOC(=O)c1nn(C(C)(C)C)c(NC(=O)c2ccccc2Cl)c1C.Cc1c(NC(=O)c2ccccc2Cl)n[nH]c1C(=O)O.O=C(Cl)c1ccccc1Cl.O=CO.[K+]. The van der Waals surface area contributed by atoms with Crippen molar-refractivity contribution in [2.24, 2.45) is 0 Å². The number of hydrogen-bond acceptors (Lipinski definition) is 26. The number of halogens is 5. The maximum absolute atomic E-state index is 12.6. The first-order valence-corrected chi connectivity index (χ1v) is 37.4. The molecule has 4 aromatic heterocycles. The number of ether oxygens (including phenoxy) is 6. The van der Waals surface area contributed by atoms with Gasteiger partial charge in [-0.1, -0.05) is 109 Å². The van der Waals surface area contributed by atoms with Crippen LogP contribution >= 0.6 is 58.0 Å². The summed E-state index contributed by atoms with van der Waals surface area (Å²) in [6, 6.07) is 30.1. The number of nitriles is 2. The smallest absolute Gasteiger partial charge is 0.867 e. The van der Waals surface area contributed by atoms with Crippen molar-refractivity contribution in [1.82, 2.24) is 40.0 Å². The molecule has 121 heavy (non-hydrogen) atoms. The van der Waals surface area contributed by atoms with Crippen molar-refractivity contribution in [3.63, 3.8) is 0 Å². The molecule has 9 N–H and O–H groups in total. The number of carboxylic acids is 1. The van der Waals surface area contributed by atoms with Crippen molar-refractivity contribution in [3.8, 4) is 12.1 Å². The molecule has 4 heterocycles. The summed E-state index contributed by atoms with van der Waals surface area (Å²) in [7, 11) is 0. The summed E-state index contributed by atoms with van der Waals surface area (Å²) in [4.78, 5) is 133. The molecule has 0 saturated heterocycles. The third kappa shape index (κ3) is 38.5. The molecule has 3 amide bonds. The number of nitrogens with two attached hydrogens (primary N) is 1. The number of nitrogen functional groups attached to an aromatic ring is 1. The number of rotatable bonds is 18. The van der Waals surface area contributed by atoms with Gasteiger partial charge in [0.2, 0.25) is 0 Å². The Morgan fingerprint density at radius 1 is 0.521 bits per heavy atom. The third-order valence-electron chi connectivity index (χ3n) is 14.2. The van der Waals surface area contributed by atoms with Crippen LogP contribution in [0, 0.1) is 50.4 Å². The number of nitrogens with one attached hydrogen (secondary N) is 5. The fourth-order valence-electron chi connectivity index (χ4n) is 8.45. The number of anilines is 4. The Kier molecular flexibility index (Phi) is 55.5. The van der Waals surface area contributed by atoms with Gasteiger partial charge in [0, 0.05) is 34.2 Å². The number of carbonyl (C=O) groups is 12. The molecule has 0 unspecified atom stereocenters. The van der Waals surface area contributed by atoms with Crippen molar-refractivity contribution < 1.29 is 153 Å². The van der Waals surface area contributed by atoms with E-state index in [1.165, 1.54) is 6.92 Å². The van der Waals surface area contributed by atoms with E-state index in [0.29, 0.717) is 95.0 Å². The van der Waals surface area contributed by atoms with E-state index in [4.69, 9.17) is 103 Å². The maximum atomic E-state index is 12.6. The zero-order valence-electron chi connectivity index (χ0n) is 69.5. The molecule has 0 aliphatic carbocycles. The van der Waals surface area contributed by atoms with Gasteiger partial charge in [0.25, 0.3) is 29.4 Å². The van der Waals surface area contributed by atoms with Crippen molar-refractivity contribution in [2.45, 2.75) is 150 Å². The molecule has 0 spiro atoms. The molecular weight excluding hydrogens is 1710 g/mol. The van der Waals surface area contributed by atoms with Gasteiger partial charge >= 0.3 is 93.2 Å². The molecule has 0 saturated carbocycles. The topological polar surface area (TPSA) is 526 Å². The van der Waals surface area contributed by atoms with E-state index in [1.807, 2.05) is 54.5 Å². The van der Waals surface area contributed by atoms with Crippen LogP contribution in [0.3, 0.4) is 0 Å². The number of aromatic nitrogens is 8. The number of benzene rings is 4. The van der Waals surface area contributed by atoms with Crippen LogP contribution in [-0.4, -0.2) is 161 Å². The fraction of sp³-hybridized carbons (Fsp3) is 0.350. The van der Waals surface area contributed by atoms with Crippen LogP contribution in [0.2, 0.25) is 20.1 Å². The zero-order valence-corrected chi connectivity index (χ0v) is 76.4. The maximum Gasteiger partial charge on any atom is 1.00 e. The first-order valence-electron chi connectivity index (χ1n) is 35.6. The summed E-state index contributed by atoms with van der Waals surface area (Å²) in [6.45, 7) is 32.7. The Morgan fingerprint density at radius 2 is 0.826 bits per heavy atom. The van der Waals surface area contributed by atoms with Crippen LogP contribution in [0.15, 0.2) is 108 Å². The minimum atomic E-state index is -1.14. The third-order valence-corrected chi connectivity index (χ3v) is 15.7. The van der Waals surface area contributed by atoms with Gasteiger partial charge < -0.3 is 65.4 Å². The first kappa shape index (κ1) is 114. The molecule has 4 aromatic carbocycles. The predicted octanol–water partition coefficient (Wildman–Crippen LogP) is 11.7. The van der Waals surface area contributed by atoms with Gasteiger partial charge in [-0.15, -0.1) is 0 Å². The number of amides is 3. The summed E-state index contributed by atoms with van der Waals surface area (Å²) in [5.74, 6) is -6.09. The van der Waals surface area contributed by atoms with E-state index in [9.17, 15) is 57.8 Å². The van der Waals surface area contributed by atoms with Gasteiger partial charge in [0.05, 0.1) is 105 Å². The molecule has 41 heteroatoms.